The van der Waals surface area contributed by atoms with Gasteiger partial charge >= 0.3 is 6.03 Å². The molecule has 0 radical (unpaired) electrons. The van der Waals surface area contributed by atoms with Crippen molar-refractivity contribution in [1.29, 1.82) is 0 Å². The number of nitrogens with one attached hydrogen (secondary N) is 2. The molecule has 0 aliphatic carbocycles. The number of hydrogen-bond donors (Lipinski definition) is 2. The van der Waals surface area contributed by atoms with E-state index in [-0.39, 0.29) is 30.7 Å². The summed E-state index contributed by atoms with van der Waals surface area (Å²) >= 11 is 0. The van der Waals surface area contributed by atoms with E-state index in [4.69, 9.17) is 0 Å². The lowest BCUT2D eigenvalue weighted by Gasteiger charge is -2.32. The Morgan fingerprint density at radius 1 is 1.40 bits per heavy atom. The first-order valence-corrected chi connectivity index (χ1v) is 10.4. The van der Waals surface area contributed by atoms with E-state index in [0.29, 0.717) is 5.69 Å². The average molecular weight is 367 g/mol. The predicted molar refractivity (Wildman–Crippen MR) is 97.0 cm³/mol. The van der Waals surface area contributed by atoms with Crippen LogP contribution in [0.15, 0.2) is 24.3 Å². The van der Waals surface area contributed by atoms with E-state index >= 15 is 0 Å². The monoisotopic (exact) mass is 367 g/mol. The third-order valence-corrected chi connectivity index (χ3v) is 5.36. The minimum absolute atomic E-state index is 0.0185. The zero-order valence-electron chi connectivity index (χ0n) is 14.8. The Morgan fingerprint density at radius 3 is 2.72 bits per heavy atom. The molecule has 138 valence electrons. The minimum atomic E-state index is -3.16. The molecule has 0 spiro atoms. The third kappa shape index (κ3) is 4.94. The van der Waals surface area contributed by atoms with Gasteiger partial charge in [0.05, 0.1) is 12.3 Å². The molecule has 0 aromatic heterocycles. The third-order valence-electron chi connectivity index (χ3n) is 4.41. The van der Waals surface area contributed by atoms with Crippen LogP contribution in [0, 0.1) is 5.92 Å². The van der Waals surface area contributed by atoms with E-state index < -0.39 is 21.9 Å². The Labute approximate surface area is 148 Å². The van der Waals surface area contributed by atoms with Crippen LogP contribution in [0.5, 0.6) is 0 Å². The fourth-order valence-corrected chi connectivity index (χ4v) is 3.31. The SMILES string of the molecule is CC[C@H](C)[C@H]1C(=O)Nc2ccccc2CN1C(=O)NCCS(C)(=O)=O. The van der Waals surface area contributed by atoms with Crippen LogP contribution in [0.1, 0.15) is 25.8 Å². The molecule has 1 aliphatic heterocycles. The molecule has 1 aliphatic rings. The van der Waals surface area contributed by atoms with E-state index in [9.17, 15) is 18.0 Å². The highest BCUT2D eigenvalue weighted by atomic mass is 32.2. The molecule has 8 heteroatoms. The van der Waals surface area contributed by atoms with Crippen molar-refractivity contribution in [2.24, 2.45) is 5.92 Å². The van der Waals surface area contributed by atoms with Crippen LogP contribution in [0.4, 0.5) is 10.5 Å². The highest BCUT2D eigenvalue weighted by Crippen LogP contribution is 2.27. The lowest BCUT2D eigenvalue weighted by Crippen LogP contribution is -2.52. The molecule has 2 N–H and O–H groups in total. The molecule has 1 heterocycles. The van der Waals surface area contributed by atoms with Crippen LogP contribution in [-0.2, 0) is 21.2 Å². The number of para-hydroxylation sites is 1. The predicted octanol–water partition coefficient (Wildman–Crippen LogP) is 1.61. The smallest absolute Gasteiger partial charge is 0.318 e. The summed E-state index contributed by atoms with van der Waals surface area (Å²) in [5, 5.41) is 5.52. The number of urea groups is 1. The quantitative estimate of drug-likeness (QED) is 0.826. The maximum Gasteiger partial charge on any atom is 0.318 e. The van der Waals surface area contributed by atoms with Gasteiger partial charge < -0.3 is 15.5 Å². The van der Waals surface area contributed by atoms with Crippen molar-refractivity contribution in [1.82, 2.24) is 10.2 Å². The Balaban J connectivity index is 2.25. The normalized spacial score (nSPS) is 18.8. The van der Waals surface area contributed by atoms with E-state index in [1.807, 2.05) is 38.1 Å². The van der Waals surface area contributed by atoms with Crippen LogP contribution >= 0.6 is 0 Å². The van der Waals surface area contributed by atoms with Crippen molar-refractivity contribution in [3.63, 3.8) is 0 Å². The van der Waals surface area contributed by atoms with Gasteiger partial charge in [-0.15, -0.1) is 0 Å². The molecule has 7 nitrogen and oxygen atoms in total. The maximum atomic E-state index is 12.7. The van der Waals surface area contributed by atoms with Crippen LogP contribution in [-0.4, -0.2) is 49.9 Å². The Morgan fingerprint density at radius 2 is 2.08 bits per heavy atom. The number of carbonyl (C=O) groups excluding carboxylic acids is 2. The molecule has 3 amide bonds. The number of rotatable bonds is 5. The Hall–Kier alpha value is -2.09. The second-order valence-corrected chi connectivity index (χ2v) is 8.73. The van der Waals surface area contributed by atoms with Crippen molar-refractivity contribution < 1.29 is 18.0 Å². The van der Waals surface area contributed by atoms with Crippen LogP contribution in [0.25, 0.3) is 0 Å². The van der Waals surface area contributed by atoms with E-state index in [2.05, 4.69) is 10.6 Å². The molecule has 2 atom stereocenters. The standard InChI is InChI=1S/C17H25N3O4S/c1-4-12(2)15-16(21)19-14-8-6-5-7-13(14)11-20(15)17(22)18-9-10-25(3,23)24/h5-8,12,15H,4,9-11H2,1-3H3,(H,18,22)(H,19,21)/t12-,15-/m0/s1. The number of sulfone groups is 1. The number of anilines is 1. The molecule has 0 saturated carbocycles. The Bertz CT molecular complexity index is 748. The summed E-state index contributed by atoms with van der Waals surface area (Å²) in [5.74, 6) is -0.392. The second kappa shape index (κ2) is 7.86. The molecule has 1 aromatic rings. The number of nitrogens with zero attached hydrogens (tertiary/aromatic N) is 1. The van der Waals surface area contributed by atoms with E-state index in [1.54, 1.807) is 0 Å². The van der Waals surface area contributed by atoms with Gasteiger partial charge in [0, 0.05) is 18.5 Å². The largest absolute Gasteiger partial charge is 0.337 e. The van der Waals surface area contributed by atoms with Gasteiger partial charge in [0.1, 0.15) is 15.9 Å². The second-order valence-electron chi connectivity index (χ2n) is 6.47. The first-order valence-electron chi connectivity index (χ1n) is 8.34. The van der Waals surface area contributed by atoms with Crippen LogP contribution in [0.2, 0.25) is 0 Å². The van der Waals surface area contributed by atoms with Gasteiger partial charge in [-0.05, 0) is 17.5 Å². The van der Waals surface area contributed by atoms with Crippen molar-refractivity contribution in [3.8, 4) is 0 Å². The summed E-state index contributed by atoms with van der Waals surface area (Å²) in [6.07, 6.45) is 1.86. The van der Waals surface area contributed by atoms with Crippen molar-refractivity contribution in [2.75, 3.05) is 23.9 Å². The van der Waals surface area contributed by atoms with Gasteiger partial charge in [0.15, 0.2) is 0 Å². The van der Waals surface area contributed by atoms with E-state index in [1.165, 1.54) is 4.90 Å². The number of hydrogen-bond acceptors (Lipinski definition) is 4. The lowest BCUT2D eigenvalue weighted by atomic mass is 9.97. The highest BCUT2D eigenvalue weighted by molar-refractivity contribution is 7.90. The van der Waals surface area contributed by atoms with Crippen LogP contribution < -0.4 is 10.6 Å². The topological polar surface area (TPSA) is 95.6 Å². The molecular weight excluding hydrogens is 342 g/mol. The van der Waals surface area contributed by atoms with Gasteiger partial charge in [-0.3, -0.25) is 4.79 Å². The molecule has 0 unspecified atom stereocenters. The average Bonchev–Trinajstić information content (AvgIpc) is 2.68. The van der Waals surface area contributed by atoms with Gasteiger partial charge in [-0.1, -0.05) is 38.5 Å². The molecular formula is C17H25N3O4S. The van der Waals surface area contributed by atoms with Crippen molar-refractivity contribution >= 4 is 27.5 Å². The van der Waals surface area contributed by atoms with Gasteiger partial charge in [0.2, 0.25) is 5.91 Å². The van der Waals surface area contributed by atoms with Crippen molar-refractivity contribution in [3.05, 3.63) is 29.8 Å². The zero-order valence-corrected chi connectivity index (χ0v) is 15.6. The van der Waals surface area contributed by atoms with Gasteiger partial charge in [0.25, 0.3) is 0 Å². The summed E-state index contributed by atoms with van der Waals surface area (Å²) in [6.45, 7) is 4.20. The molecule has 0 saturated heterocycles. The number of amides is 3. The first kappa shape index (κ1) is 19.2. The molecule has 25 heavy (non-hydrogen) atoms. The summed E-state index contributed by atoms with van der Waals surface area (Å²) in [6, 6.07) is 6.32. The maximum absolute atomic E-state index is 12.7. The summed E-state index contributed by atoms with van der Waals surface area (Å²) in [4.78, 5) is 26.9. The summed E-state index contributed by atoms with van der Waals surface area (Å²) in [7, 11) is -3.16. The van der Waals surface area contributed by atoms with Gasteiger partial charge in [-0.2, -0.15) is 0 Å². The van der Waals surface area contributed by atoms with E-state index in [0.717, 1.165) is 18.2 Å². The first-order chi connectivity index (χ1) is 11.7. The number of carbonyl (C=O) groups is 2. The summed E-state index contributed by atoms with van der Waals surface area (Å²) < 4.78 is 22.5. The molecule has 0 fully saturated rings. The lowest BCUT2D eigenvalue weighted by molar-refractivity contribution is -0.121. The zero-order chi connectivity index (χ0) is 18.6. The molecule has 1 aromatic carbocycles. The summed E-state index contributed by atoms with van der Waals surface area (Å²) in [5.41, 5.74) is 1.55. The fourth-order valence-electron chi connectivity index (χ4n) is 2.84. The highest BCUT2D eigenvalue weighted by Gasteiger charge is 2.36. The van der Waals surface area contributed by atoms with Gasteiger partial charge in [-0.25, -0.2) is 13.2 Å². The molecule has 2 rings (SSSR count). The fraction of sp³-hybridized carbons (Fsp3) is 0.529. The minimum Gasteiger partial charge on any atom is -0.337 e. The molecule has 0 bridgehead atoms. The Kier molecular flexibility index (Phi) is 6.05. The number of benzene rings is 1. The van der Waals surface area contributed by atoms with Crippen molar-refractivity contribution in [2.45, 2.75) is 32.9 Å². The number of fused-ring (bicyclic) bond motifs is 1. The van der Waals surface area contributed by atoms with Crippen LogP contribution in [0.3, 0.4) is 0 Å².